The van der Waals surface area contributed by atoms with Gasteiger partial charge in [0.25, 0.3) is 0 Å². The Morgan fingerprint density at radius 1 is 1.53 bits per heavy atom. The molecule has 0 bridgehead atoms. The van der Waals surface area contributed by atoms with Crippen LogP contribution in [0.5, 0.6) is 5.75 Å². The van der Waals surface area contributed by atoms with Crippen LogP contribution in [0.3, 0.4) is 0 Å². The van der Waals surface area contributed by atoms with Gasteiger partial charge in [0.1, 0.15) is 5.75 Å². The lowest BCUT2D eigenvalue weighted by Crippen LogP contribution is -2.26. The van der Waals surface area contributed by atoms with Crippen LogP contribution in [0.15, 0.2) is 16.6 Å². The first-order valence-electron chi connectivity index (χ1n) is 6.27. The third-order valence-corrected chi connectivity index (χ3v) is 3.37. The SMILES string of the molecule is Cc1cc(Br)cc(C=O)c1OCCC(=O)NC1CC1. The molecule has 19 heavy (non-hydrogen) atoms. The van der Waals surface area contributed by atoms with Crippen LogP contribution in [0.4, 0.5) is 0 Å². The fraction of sp³-hybridized carbons (Fsp3) is 0.429. The van der Waals surface area contributed by atoms with E-state index in [1.54, 1.807) is 6.07 Å². The van der Waals surface area contributed by atoms with Crippen molar-refractivity contribution < 1.29 is 14.3 Å². The molecule has 1 N–H and O–H groups in total. The van der Waals surface area contributed by atoms with Crippen LogP contribution in [0.1, 0.15) is 35.2 Å². The summed E-state index contributed by atoms with van der Waals surface area (Å²) in [7, 11) is 0. The highest BCUT2D eigenvalue weighted by Crippen LogP contribution is 2.27. The summed E-state index contributed by atoms with van der Waals surface area (Å²) >= 11 is 3.33. The van der Waals surface area contributed by atoms with Crippen LogP contribution in [0, 0.1) is 6.92 Å². The largest absolute Gasteiger partial charge is 0.492 e. The van der Waals surface area contributed by atoms with Gasteiger partial charge >= 0.3 is 0 Å². The van der Waals surface area contributed by atoms with E-state index in [-0.39, 0.29) is 12.5 Å². The van der Waals surface area contributed by atoms with E-state index < -0.39 is 0 Å². The predicted molar refractivity (Wildman–Crippen MR) is 75.5 cm³/mol. The van der Waals surface area contributed by atoms with Crippen LogP contribution in [0.25, 0.3) is 0 Å². The second-order valence-corrected chi connectivity index (χ2v) is 5.61. The summed E-state index contributed by atoms with van der Waals surface area (Å²) in [5.74, 6) is 0.558. The summed E-state index contributed by atoms with van der Waals surface area (Å²) in [6, 6.07) is 3.96. The van der Waals surface area contributed by atoms with Crippen molar-refractivity contribution in [3.05, 3.63) is 27.7 Å². The third kappa shape index (κ3) is 4.06. The second-order valence-electron chi connectivity index (χ2n) is 4.70. The Kier molecular flexibility index (Phi) is 4.58. The summed E-state index contributed by atoms with van der Waals surface area (Å²) in [5, 5.41) is 2.90. The van der Waals surface area contributed by atoms with E-state index in [4.69, 9.17) is 4.74 Å². The van der Waals surface area contributed by atoms with Crippen molar-refractivity contribution in [1.29, 1.82) is 0 Å². The summed E-state index contributed by atoms with van der Waals surface area (Å²) < 4.78 is 6.41. The minimum atomic E-state index is 0.00455. The molecule has 0 unspecified atom stereocenters. The first kappa shape index (κ1) is 14.1. The summed E-state index contributed by atoms with van der Waals surface area (Å²) in [6.07, 6.45) is 3.23. The number of aldehydes is 1. The molecule has 0 radical (unpaired) electrons. The zero-order chi connectivity index (χ0) is 13.8. The summed E-state index contributed by atoms with van der Waals surface area (Å²) in [5.41, 5.74) is 1.37. The molecule has 0 heterocycles. The maximum atomic E-state index is 11.5. The number of aryl methyl sites for hydroxylation is 1. The first-order chi connectivity index (χ1) is 9.10. The van der Waals surface area contributed by atoms with E-state index >= 15 is 0 Å². The van der Waals surface area contributed by atoms with E-state index in [0.717, 1.165) is 29.2 Å². The average molecular weight is 326 g/mol. The predicted octanol–water partition coefficient (Wildman–Crippen LogP) is 2.62. The van der Waals surface area contributed by atoms with E-state index in [9.17, 15) is 9.59 Å². The van der Waals surface area contributed by atoms with Gasteiger partial charge in [0, 0.05) is 10.5 Å². The highest BCUT2D eigenvalue weighted by molar-refractivity contribution is 9.10. The summed E-state index contributed by atoms with van der Waals surface area (Å²) in [6.45, 7) is 2.15. The molecular formula is C14H16BrNO3. The molecular weight excluding hydrogens is 310 g/mol. The molecule has 0 saturated heterocycles. The molecule has 1 amide bonds. The number of halogens is 1. The lowest BCUT2D eigenvalue weighted by atomic mass is 10.1. The van der Waals surface area contributed by atoms with Gasteiger partial charge < -0.3 is 10.1 Å². The van der Waals surface area contributed by atoms with Gasteiger partial charge in [0.15, 0.2) is 6.29 Å². The van der Waals surface area contributed by atoms with Crippen molar-refractivity contribution in [2.75, 3.05) is 6.61 Å². The molecule has 1 aromatic rings. The number of amides is 1. The molecule has 0 spiro atoms. The van der Waals surface area contributed by atoms with Gasteiger partial charge in [-0.1, -0.05) is 15.9 Å². The average Bonchev–Trinajstić information content (AvgIpc) is 3.15. The number of nitrogens with one attached hydrogen (secondary N) is 1. The zero-order valence-electron chi connectivity index (χ0n) is 10.7. The molecule has 1 aliphatic rings. The molecule has 1 fully saturated rings. The monoisotopic (exact) mass is 325 g/mol. The number of carbonyl (C=O) groups excluding carboxylic acids is 2. The summed E-state index contributed by atoms with van der Waals surface area (Å²) in [4.78, 5) is 22.5. The van der Waals surface area contributed by atoms with Gasteiger partial charge in [-0.15, -0.1) is 0 Å². The smallest absolute Gasteiger partial charge is 0.223 e. The van der Waals surface area contributed by atoms with Crippen molar-refractivity contribution in [2.45, 2.75) is 32.2 Å². The van der Waals surface area contributed by atoms with E-state index in [2.05, 4.69) is 21.2 Å². The molecule has 1 saturated carbocycles. The topological polar surface area (TPSA) is 55.4 Å². The molecule has 4 nitrogen and oxygen atoms in total. The lowest BCUT2D eigenvalue weighted by molar-refractivity contribution is -0.121. The molecule has 0 aromatic heterocycles. The molecule has 0 atom stereocenters. The number of benzene rings is 1. The van der Waals surface area contributed by atoms with Gasteiger partial charge in [-0.3, -0.25) is 9.59 Å². The van der Waals surface area contributed by atoms with Crippen LogP contribution in [-0.4, -0.2) is 24.8 Å². The quantitative estimate of drug-likeness (QED) is 0.818. The Hall–Kier alpha value is -1.36. The maximum absolute atomic E-state index is 11.5. The van der Waals surface area contributed by atoms with E-state index in [1.807, 2.05) is 13.0 Å². The molecule has 102 valence electrons. The van der Waals surface area contributed by atoms with E-state index in [1.165, 1.54) is 0 Å². The zero-order valence-corrected chi connectivity index (χ0v) is 12.3. The Bertz CT molecular complexity index is 498. The minimum Gasteiger partial charge on any atom is -0.492 e. The first-order valence-corrected chi connectivity index (χ1v) is 7.07. The van der Waals surface area contributed by atoms with Crippen LogP contribution >= 0.6 is 15.9 Å². The van der Waals surface area contributed by atoms with Crippen LogP contribution in [0.2, 0.25) is 0 Å². The highest BCUT2D eigenvalue weighted by atomic mass is 79.9. The standard InChI is InChI=1S/C14H16BrNO3/c1-9-6-11(15)7-10(8-17)14(9)19-5-4-13(18)16-12-2-3-12/h6-8,12H,2-5H2,1H3,(H,16,18). The van der Waals surface area contributed by atoms with Gasteiger partial charge in [-0.2, -0.15) is 0 Å². The Morgan fingerprint density at radius 2 is 2.26 bits per heavy atom. The molecule has 1 aromatic carbocycles. The van der Waals surface area contributed by atoms with Crippen LogP contribution in [-0.2, 0) is 4.79 Å². The second kappa shape index (κ2) is 6.19. The van der Waals surface area contributed by atoms with Gasteiger partial charge in [-0.05, 0) is 37.5 Å². The van der Waals surface area contributed by atoms with Crippen molar-refractivity contribution in [2.24, 2.45) is 0 Å². The maximum Gasteiger partial charge on any atom is 0.223 e. The van der Waals surface area contributed by atoms with Crippen molar-refractivity contribution in [1.82, 2.24) is 5.32 Å². The molecule has 5 heteroatoms. The Morgan fingerprint density at radius 3 is 2.89 bits per heavy atom. The number of ether oxygens (including phenoxy) is 1. The minimum absolute atomic E-state index is 0.00455. The van der Waals surface area contributed by atoms with Crippen molar-refractivity contribution >= 4 is 28.1 Å². The van der Waals surface area contributed by atoms with Gasteiger partial charge in [0.2, 0.25) is 5.91 Å². The Labute approximate surface area is 120 Å². The van der Waals surface area contributed by atoms with Crippen molar-refractivity contribution in [3.63, 3.8) is 0 Å². The van der Waals surface area contributed by atoms with Crippen LogP contribution < -0.4 is 10.1 Å². The van der Waals surface area contributed by atoms with E-state index in [0.29, 0.717) is 23.8 Å². The normalized spacial score (nSPS) is 14.0. The molecule has 0 aliphatic heterocycles. The number of carbonyl (C=O) groups is 2. The van der Waals surface area contributed by atoms with Gasteiger partial charge in [-0.25, -0.2) is 0 Å². The van der Waals surface area contributed by atoms with Crippen molar-refractivity contribution in [3.8, 4) is 5.75 Å². The highest BCUT2D eigenvalue weighted by Gasteiger charge is 2.22. The third-order valence-electron chi connectivity index (χ3n) is 2.91. The Balaban J connectivity index is 1.91. The number of rotatable bonds is 6. The number of hydrogen-bond acceptors (Lipinski definition) is 3. The fourth-order valence-electron chi connectivity index (χ4n) is 1.81. The van der Waals surface area contributed by atoms with Gasteiger partial charge in [0.05, 0.1) is 18.6 Å². The molecule has 1 aliphatic carbocycles. The molecule has 2 rings (SSSR count). The fourth-order valence-corrected chi connectivity index (χ4v) is 2.40. The number of hydrogen-bond donors (Lipinski definition) is 1. The lowest BCUT2D eigenvalue weighted by Gasteiger charge is -2.12.